The van der Waals surface area contributed by atoms with E-state index in [1.807, 2.05) is 0 Å². The second-order valence-corrected chi connectivity index (χ2v) is 4.28. The molecule has 0 fully saturated rings. The number of hydrogen-bond acceptors (Lipinski definition) is 3. The fourth-order valence-corrected chi connectivity index (χ4v) is 1.83. The van der Waals surface area contributed by atoms with Gasteiger partial charge in [0.05, 0.1) is 6.10 Å². The van der Waals surface area contributed by atoms with E-state index >= 15 is 0 Å². The van der Waals surface area contributed by atoms with Crippen LogP contribution in [0.2, 0.25) is 0 Å². The molecule has 0 bridgehead atoms. The predicted octanol–water partition coefficient (Wildman–Crippen LogP) is 2.88. The van der Waals surface area contributed by atoms with Crippen molar-refractivity contribution in [2.75, 3.05) is 5.73 Å². The van der Waals surface area contributed by atoms with E-state index in [9.17, 15) is 13.9 Å². The van der Waals surface area contributed by atoms with Crippen LogP contribution in [0.1, 0.15) is 29.2 Å². The van der Waals surface area contributed by atoms with E-state index in [0.717, 1.165) is 5.56 Å². The quantitative estimate of drug-likeness (QED) is 0.892. The summed E-state index contributed by atoms with van der Waals surface area (Å²) in [6, 6.07) is 9.10. The van der Waals surface area contributed by atoms with Crippen LogP contribution in [0.5, 0.6) is 0 Å². The SMILES string of the molecule is Nc1cc(CC(O)c2ccc(C(F)F)cc2)ccn1. The molecule has 0 aliphatic heterocycles. The van der Waals surface area contributed by atoms with Gasteiger partial charge in [-0.25, -0.2) is 13.8 Å². The number of alkyl halides is 2. The maximum Gasteiger partial charge on any atom is 0.263 e. The summed E-state index contributed by atoms with van der Waals surface area (Å²) < 4.78 is 24.8. The first-order chi connectivity index (χ1) is 9.06. The summed E-state index contributed by atoms with van der Waals surface area (Å²) in [6.07, 6.45) is -1.32. The maximum atomic E-state index is 12.4. The summed E-state index contributed by atoms with van der Waals surface area (Å²) in [4.78, 5) is 3.86. The Morgan fingerprint density at radius 3 is 2.32 bits per heavy atom. The molecule has 1 heterocycles. The molecule has 5 heteroatoms. The Morgan fingerprint density at radius 2 is 1.74 bits per heavy atom. The standard InChI is InChI=1S/C14H14F2N2O/c15-14(16)11-3-1-10(2-4-11)12(19)7-9-5-6-18-13(17)8-9/h1-6,8,12,14,19H,7H2,(H2,17,18). The topological polar surface area (TPSA) is 59.1 Å². The number of nitrogen functional groups attached to an aromatic ring is 1. The number of halogens is 2. The van der Waals surface area contributed by atoms with Gasteiger partial charge in [0.1, 0.15) is 5.82 Å². The van der Waals surface area contributed by atoms with Gasteiger partial charge in [-0.15, -0.1) is 0 Å². The zero-order valence-corrected chi connectivity index (χ0v) is 10.1. The smallest absolute Gasteiger partial charge is 0.263 e. The lowest BCUT2D eigenvalue weighted by atomic mass is 10.0. The van der Waals surface area contributed by atoms with Crippen LogP contribution in [-0.4, -0.2) is 10.1 Å². The number of pyridine rings is 1. The van der Waals surface area contributed by atoms with Crippen LogP contribution in [0.25, 0.3) is 0 Å². The Bertz CT molecular complexity index is 543. The van der Waals surface area contributed by atoms with Gasteiger partial charge in [0, 0.05) is 18.2 Å². The Balaban J connectivity index is 2.09. The van der Waals surface area contributed by atoms with Crippen molar-refractivity contribution in [2.24, 2.45) is 0 Å². The van der Waals surface area contributed by atoms with Crippen LogP contribution in [0.3, 0.4) is 0 Å². The third-order valence-corrected chi connectivity index (χ3v) is 2.85. The molecule has 1 aromatic carbocycles. The molecule has 0 aliphatic rings. The van der Waals surface area contributed by atoms with Crippen molar-refractivity contribution in [3.05, 3.63) is 59.3 Å². The van der Waals surface area contributed by atoms with Gasteiger partial charge in [-0.3, -0.25) is 0 Å². The number of aliphatic hydroxyl groups excluding tert-OH is 1. The van der Waals surface area contributed by atoms with E-state index in [1.54, 1.807) is 18.3 Å². The highest BCUT2D eigenvalue weighted by Gasteiger charge is 2.11. The van der Waals surface area contributed by atoms with E-state index in [0.29, 0.717) is 17.8 Å². The minimum Gasteiger partial charge on any atom is -0.388 e. The van der Waals surface area contributed by atoms with Crippen molar-refractivity contribution < 1.29 is 13.9 Å². The summed E-state index contributed by atoms with van der Waals surface area (Å²) in [5.74, 6) is 0.387. The summed E-state index contributed by atoms with van der Waals surface area (Å²) >= 11 is 0. The van der Waals surface area contributed by atoms with E-state index in [-0.39, 0.29) is 5.56 Å². The number of nitrogens with zero attached hydrogens (tertiary/aromatic N) is 1. The first-order valence-electron chi connectivity index (χ1n) is 5.82. The molecule has 1 unspecified atom stereocenters. The molecule has 0 spiro atoms. The molecule has 1 atom stereocenters. The molecule has 0 aliphatic carbocycles. The number of benzene rings is 1. The zero-order chi connectivity index (χ0) is 13.8. The lowest BCUT2D eigenvalue weighted by Crippen LogP contribution is -2.03. The minimum atomic E-state index is -2.49. The number of aromatic nitrogens is 1. The molecule has 2 aromatic rings. The lowest BCUT2D eigenvalue weighted by molar-refractivity contribution is 0.151. The van der Waals surface area contributed by atoms with Crippen molar-refractivity contribution in [3.8, 4) is 0 Å². The van der Waals surface area contributed by atoms with Gasteiger partial charge in [0.2, 0.25) is 0 Å². The number of aliphatic hydroxyl groups is 1. The van der Waals surface area contributed by atoms with Gasteiger partial charge >= 0.3 is 0 Å². The molecular formula is C14H14F2N2O. The molecule has 2 rings (SSSR count). The first-order valence-corrected chi connectivity index (χ1v) is 5.82. The molecule has 0 saturated heterocycles. The van der Waals surface area contributed by atoms with Gasteiger partial charge < -0.3 is 10.8 Å². The van der Waals surface area contributed by atoms with Crippen LogP contribution in [0.15, 0.2) is 42.6 Å². The molecule has 0 saturated carbocycles. The van der Waals surface area contributed by atoms with Crippen molar-refractivity contribution in [1.82, 2.24) is 4.98 Å². The van der Waals surface area contributed by atoms with E-state index < -0.39 is 12.5 Å². The van der Waals surface area contributed by atoms with E-state index in [2.05, 4.69) is 4.98 Å². The van der Waals surface area contributed by atoms with E-state index in [4.69, 9.17) is 5.73 Å². The molecule has 1 aromatic heterocycles. The van der Waals surface area contributed by atoms with Gasteiger partial charge in [0.25, 0.3) is 6.43 Å². The van der Waals surface area contributed by atoms with E-state index in [1.165, 1.54) is 24.3 Å². The molecule has 19 heavy (non-hydrogen) atoms. The number of rotatable bonds is 4. The third-order valence-electron chi connectivity index (χ3n) is 2.85. The van der Waals surface area contributed by atoms with Crippen LogP contribution >= 0.6 is 0 Å². The van der Waals surface area contributed by atoms with Crippen molar-refractivity contribution in [2.45, 2.75) is 19.0 Å². The van der Waals surface area contributed by atoms with Crippen LogP contribution in [-0.2, 0) is 6.42 Å². The highest BCUT2D eigenvalue weighted by molar-refractivity contribution is 5.33. The Hall–Kier alpha value is -2.01. The summed E-state index contributed by atoms with van der Waals surface area (Å²) in [5.41, 5.74) is 6.94. The molecule has 3 N–H and O–H groups in total. The molecule has 3 nitrogen and oxygen atoms in total. The van der Waals surface area contributed by atoms with Gasteiger partial charge in [-0.05, 0) is 23.3 Å². The molecule has 0 radical (unpaired) electrons. The molecule has 100 valence electrons. The fraction of sp³-hybridized carbons (Fsp3) is 0.214. The summed E-state index contributed by atoms with van der Waals surface area (Å²) in [6.45, 7) is 0. The summed E-state index contributed by atoms with van der Waals surface area (Å²) in [5, 5.41) is 10.0. The first kappa shape index (κ1) is 13.4. The van der Waals surface area contributed by atoms with Crippen molar-refractivity contribution >= 4 is 5.82 Å². The minimum absolute atomic E-state index is 0.0518. The third kappa shape index (κ3) is 3.48. The largest absolute Gasteiger partial charge is 0.388 e. The Labute approximate surface area is 109 Å². The van der Waals surface area contributed by atoms with Crippen LogP contribution < -0.4 is 5.73 Å². The Morgan fingerprint density at radius 1 is 1.11 bits per heavy atom. The average Bonchev–Trinajstić information content (AvgIpc) is 2.39. The van der Waals surface area contributed by atoms with Gasteiger partial charge in [-0.1, -0.05) is 24.3 Å². The van der Waals surface area contributed by atoms with Crippen molar-refractivity contribution in [3.63, 3.8) is 0 Å². The second kappa shape index (κ2) is 5.75. The highest BCUT2D eigenvalue weighted by Crippen LogP contribution is 2.23. The lowest BCUT2D eigenvalue weighted by Gasteiger charge is -2.12. The Kier molecular flexibility index (Phi) is 4.06. The number of anilines is 1. The van der Waals surface area contributed by atoms with Crippen LogP contribution in [0, 0.1) is 0 Å². The number of nitrogens with two attached hydrogens (primary N) is 1. The molecular weight excluding hydrogens is 250 g/mol. The van der Waals surface area contributed by atoms with Gasteiger partial charge in [-0.2, -0.15) is 0 Å². The van der Waals surface area contributed by atoms with Crippen LogP contribution in [0.4, 0.5) is 14.6 Å². The predicted molar refractivity (Wildman–Crippen MR) is 68.7 cm³/mol. The zero-order valence-electron chi connectivity index (χ0n) is 10.1. The normalized spacial score (nSPS) is 12.6. The molecule has 0 amide bonds. The monoisotopic (exact) mass is 264 g/mol. The fourth-order valence-electron chi connectivity index (χ4n) is 1.83. The second-order valence-electron chi connectivity index (χ2n) is 4.28. The summed E-state index contributed by atoms with van der Waals surface area (Å²) in [7, 11) is 0. The number of hydrogen-bond donors (Lipinski definition) is 2. The maximum absolute atomic E-state index is 12.4. The highest BCUT2D eigenvalue weighted by atomic mass is 19.3. The van der Waals surface area contributed by atoms with Gasteiger partial charge in [0.15, 0.2) is 0 Å². The van der Waals surface area contributed by atoms with Crippen molar-refractivity contribution in [1.29, 1.82) is 0 Å². The average molecular weight is 264 g/mol.